The first-order valence-corrected chi connectivity index (χ1v) is 15.3. The first kappa shape index (κ1) is 27.7. The molecule has 4 heteroatoms. The lowest BCUT2D eigenvalue weighted by molar-refractivity contribution is -0.145. The van der Waals surface area contributed by atoms with E-state index in [2.05, 4.69) is 48.5 Å². The fourth-order valence-electron chi connectivity index (χ4n) is 5.63. The molecular formula is C26H52O3Si. The van der Waals surface area contributed by atoms with Gasteiger partial charge >= 0.3 is 5.97 Å². The molecule has 0 aliphatic carbocycles. The Morgan fingerprint density at radius 2 is 1.30 bits per heavy atom. The van der Waals surface area contributed by atoms with Crippen molar-refractivity contribution in [1.82, 2.24) is 0 Å². The number of ether oxygens (including phenoxy) is 1. The first-order valence-electron chi connectivity index (χ1n) is 13.1. The number of hydrogen-bond donors (Lipinski definition) is 0. The number of unbranched alkanes of at least 4 members (excludes halogenated alkanes) is 9. The molecule has 0 unspecified atom stereocenters. The highest BCUT2D eigenvalue weighted by molar-refractivity contribution is 6.77. The summed E-state index contributed by atoms with van der Waals surface area (Å²) in [6.45, 7) is 16.3. The third-order valence-electron chi connectivity index (χ3n) is 7.24. The molecule has 0 amide bonds. The summed E-state index contributed by atoms with van der Waals surface area (Å²) in [5.41, 5.74) is 1.68. The highest BCUT2D eigenvalue weighted by Gasteiger charge is 2.48. The number of cyclic esters (lactones) is 1. The molecule has 0 saturated carbocycles. The van der Waals surface area contributed by atoms with Crippen molar-refractivity contribution in [3.05, 3.63) is 0 Å². The van der Waals surface area contributed by atoms with Crippen molar-refractivity contribution in [3.8, 4) is 0 Å². The van der Waals surface area contributed by atoms with Gasteiger partial charge in [-0.15, -0.1) is 0 Å². The van der Waals surface area contributed by atoms with E-state index in [4.69, 9.17) is 9.16 Å². The van der Waals surface area contributed by atoms with Crippen molar-refractivity contribution in [3.63, 3.8) is 0 Å². The summed E-state index contributed by atoms with van der Waals surface area (Å²) < 4.78 is 12.8. The van der Waals surface area contributed by atoms with Gasteiger partial charge in [-0.25, -0.2) is 0 Å². The molecule has 0 N–H and O–H groups in total. The highest BCUT2D eigenvalue weighted by atomic mass is 28.4. The fraction of sp³-hybridized carbons (Fsp3) is 0.962. The zero-order valence-electron chi connectivity index (χ0n) is 21.3. The van der Waals surface area contributed by atoms with Gasteiger partial charge in [0.05, 0.1) is 6.10 Å². The minimum absolute atomic E-state index is 0.0285. The Bertz CT molecular complexity index is 439. The highest BCUT2D eigenvalue weighted by Crippen LogP contribution is 2.44. The van der Waals surface area contributed by atoms with E-state index in [1.807, 2.05) is 0 Å². The minimum atomic E-state index is -1.97. The van der Waals surface area contributed by atoms with Gasteiger partial charge in [0.1, 0.15) is 6.10 Å². The summed E-state index contributed by atoms with van der Waals surface area (Å²) in [5, 5.41) is 0. The van der Waals surface area contributed by atoms with Crippen LogP contribution in [0, 0.1) is 0 Å². The van der Waals surface area contributed by atoms with Crippen LogP contribution in [0.1, 0.15) is 132 Å². The molecule has 1 aliphatic rings. The van der Waals surface area contributed by atoms with E-state index in [9.17, 15) is 4.79 Å². The second-order valence-electron chi connectivity index (χ2n) is 10.5. The maximum atomic E-state index is 11.8. The predicted molar refractivity (Wildman–Crippen MR) is 131 cm³/mol. The third kappa shape index (κ3) is 8.65. The van der Waals surface area contributed by atoms with Crippen LogP contribution >= 0.6 is 0 Å². The molecule has 0 aromatic heterocycles. The zero-order valence-corrected chi connectivity index (χ0v) is 22.3. The Kier molecular flexibility index (Phi) is 13.5. The molecular weight excluding hydrogens is 388 g/mol. The van der Waals surface area contributed by atoms with Crippen LogP contribution in [0.25, 0.3) is 0 Å². The molecule has 1 saturated heterocycles. The second kappa shape index (κ2) is 14.7. The molecule has 178 valence electrons. The van der Waals surface area contributed by atoms with Crippen LogP contribution in [0.3, 0.4) is 0 Å². The Balaban J connectivity index is 2.56. The number of carbonyl (C=O) groups excluding carboxylic acids is 1. The summed E-state index contributed by atoms with van der Waals surface area (Å²) in [5.74, 6) is -0.0393. The van der Waals surface area contributed by atoms with Gasteiger partial charge < -0.3 is 9.16 Å². The standard InChI is InChI=1S/C26H52O3Si/c1-8-9-10-11-12-13-14-15-16-17-18-25(24-19-20-26(27)28-24)29-30(21(2)3,22(4)5)23(6)7/h21-25H,8-20H2,1-7H3/t24-,25-/m1/s1. The van der Waals surface area contributed by atoms with Crippen LogP contribution in [0.2, 0.25) is 16.6 Å². The van der Waals surface area contributed by atoms with Gasteiger partial charge in [0.2, 0.25) is 8.32 Å². The lowest BCUT2D eigenvalue weighted by Crippen LogP contribution is -2.52. The average molecular weight is 441 g/mol. The summed E-state index contributed by atoms with van der Waals surface area (Å²) in [4.78, 5) is 11.8. The van der Waals surface area contributed by atoms with Crippen molar-refractivity contribution in [1.29, 1.82) is 0 Å². The largest absolute Gasteiger partial charge is 0.460 e. The van der Waals surface area contributed by atoms with Crippen LogP contribution < -0.4 is 0 Å². The monoisotopic (exact) mass is 440 g/mol. The van der Waals surface area contributed by atoms with Gasteiger partial charge in [-0.2, -0.15) is 0 Å². The smallest absolute Gasteiger partial charge is 0.306 e. The van der Waals surface area contributed by atoms with Gasteiger partial charge in [0, 0.05) is 6.42 Å². The van der Waals surface area contributed by atoms with Crippen molar-refractivity contribution in [2.24, 2.45) is 0 Å². The van der Waals surface area contributed by atoms with Crippen molar-refractivity contribution in [2.75, 3.05) is 0 Å². The number of hydrogen-bond acceptors (Lipinski definition) is 3. The molecule has 1 rings (SSSR count). The Morgan fingerprint density at radius 3 is 1.70 bits per heavy atom. The van der Waals surface area contributed by atoms with Gasteiger partial charge in [-0.05, 0) is 29.5 Å². The van der Waals surface area contributed by atoms with Gasteiger partial charge in [0.25, 0.3) is 0 Å². The van der Waals surface area contributed by atoms with Gasteiger partial charge in [-0.3, -0.25) is 4.79 Å². The Morgan fingerprint density at radius 1 is 0.833 bits per heavy atom. The van der Waals surface area contributed by atoms with Crippen LogP contribution in [0.5, 0.6) is 0 Å². The summed E-state index contributed by atoms with van der Waals surface area (Å²) in [6, 6.07) is 0. The first-order chi connectivity index (χ1) is 14.3. The maximum Gasteiger partial charge on any atom is 0.306 e. The minimum Gasteiger partial charge on any atom is -0.460 e. The maximum absolute atomic E-state index is 11.8. The normalized spacial score (nSPS) is 18.6. The van der Waals surface area contributed by atoms with E-state index >= 15 is 0 Å². The van der Waals surface area contributed by atoms with Crippen molar-refractivity contribution < 1.29 is 14.0 Å². The number of rotatable bonds is 17. The van der Waals surface area contributed by atoms with Gasteiger partial charge in [0.15, 0.2) is 0 Å². The van der Waals surface area contributed by atoms with Crippen molar-refractivity contribution in [2.45, 2.75) is 161 Å². The molecule has 0 aromatic carbocycles. The molecule has 3 nitrogen and oxygen atoms in total. The molecule has 2 atom stereocenters. The average Bonchev–Trinajstić information content (AvgIpc) is 3.11. The van der Waals surface area contributed by atoms with Crippen LogP contribution in [0.15, 0.2) is 0 Å². The Hall–Kier alpha value is -0.353. The summed E-state index contributed by atoms with van der Waals surface area (Å²) in [7, 11) is -1.97. The molecule has 1 heterocycles. The predicted octanol–water partition coefficient (Wildman–Crippen LogP) is 8.56. The molecule has 30 heavy (non-hydrogen) atoms. The quantitative estimate of drug-likeness (QED) is 0.129. The fourth-order valence-corrected chi connectivity index (χ4v) is 11.2. The van der Waals surface area contributed by atoms with E-state index in [-0.39, 0.29) is 18.2 Å². The molecule has 0 bridgehead atoms. The van der Waals surface area contributed by atoms with E-state index in [1.165, 1.54) is 64.2 Å². The molecule has 1 aliphatic heterocycles. The Labute approximate surface area is 189 Å². The van der Waals surface area contributed by atoms with E-state index in [1.54, 1.807) is 0 Å². The lowest BCUT2D eigenvalue weighted by Gasteiger charge is -2.45. The second-order valence-corrected chi connectivity index (χ2v) is 15.9. The van der Waals surface area contributed by atoms with Gasteiger partial charge in [-0.1, -0.05) is 113 Å². The summed E-state index contributed by atoms with van der Waals surface area (Å²) >= 11 is 0. The molecule has 0 aromatic rings. The third-order valence-corrected chi connectivity index (χ3v) is 13.4. The van der Waals surface area contributed by atoms with Crippen LogP contribution in [-0.2, 0) is 14.0 Å². The van der Waals surface area contributed by atoms with E-state index in [0.717, 1.165) is 12.8 Å². The molecule has 0 radical (unpaired) electrons. The lowest BCUT2D eigenvalue weighted by atomic mass is 10.0. The van der Waals surface area contributed by atoms with Crippen LogP contribution in [-0.4, -0.2) is 26.5 Å². The number of esters is 1. The van der Waals surface area contributed by atoms with Crippen molar-refractivity contribution >= 4 is 14.3 Å². The molecule has 0 spiro atoms. The molecule has 1 fully saturated rings. The number of carbonyl (C=O) groups is 1. The topological polar surface area (TPSA) is 35.5 Å². The van der Waals surface area contributed by atoms with Crippen LogP contribution in [0.4, 0.5) is 0 Å². The van der Waals surface area contributed by atoms with E-state index in [0.29, 0.717) is 23.0 Å². The summed E-state index contributed by atoms with van der Waals surface area (Å²) in [6.07, 6.45) is 15.9. The zero-order chi connectivity index (χ0) is 22.6. The SMILES string of the molecule is CCCCCCCCCCCC[C@@H](O[Si](C(C)C)(C(C)C)C(C)C)[C@H]1CCC(=O)O1. The van der Waals surface area contributed by atoms with E-state index < -0.39 is 8.32 Å².